The van der Waals surface area contributed by atoms with Crippen molar-refractivity contribution in [2.24, 2.45) is 5.92 Å². The monoisotopic (exact) mass is 293 g/mol. The maximum absolute atomic E-state index is 10.6. The van der Waals surface area contributed by atoms with E-state index in [1.165, 1.54) is 6.42 Å². The van der Waals surface area contributed by atoms with Crippen LogP contribution in [0.5, 0.6) is 5.75 Å². The largest absolute Gasteiger partial charge is 0.492 e. The summed E-state index contributed by atoms with van der Waals surface area (Å²) in [5, 5.41) is 8.72. The van der Waals surface area contributed by atoms with E-state index < -0.39 is 5.97 Å². The first-order chi connectivity index (χ1) is 9.88. The van der Waals surface area contributed by atoms with Gasteiger partial charge in [-0.2, -0.15) is 0 Å². The number of ether oxygens (including phenoxy) is 1. The van der Waals surface area contributed by atoms with Crippen molar-refractivity contribution in [3.05, 3.63) is 29.8 Å². The quantitative estimate of drug-likeness (QED) is 0.760. The van der Waals surface area contributed by atoms with Crippen molar-refractivity contribution in [1.82, 2.24) is 4.90 Å². The number of nitrogens with zero attached hydrogens (tertiary/aromatic N) is 1. The molecular weight excluding hydrogens is 266 g/mol. The summed E-state index contributed by atoms with van der Waals surface area (Å²) in [7, 11) is 2.12. The van der Waals surface area contributed by atoms with E-state index in [0.29, 0.717) is 18.6 Å². The molecule has 0 amide bonds. The molecule has 0 saturated heterocycles. The van der Waals surface area contributed by atoms with Crippen molar-refractivity contribution in [2.75, 3.05) is 20.2 Å². The van der Waals surface area contributed by atoms with Crippen molar-refractivity contribution in [3.63, 3.8) is 0 Å². The average molecular weight is 293 g/mol. The highest BCUT2D eigenvalue weighted by atomic mass is 16.5. The molecule has 0 radical (unpaired) electrons. The van der Waals surface area contributed by atoms with E-state index in [0.717, 1.165) is 17.9 Å². The second-order valence-electron chi connectivity index (χ2n) is 6.02. The lowest BCUT2D eigenvalue weighted by Crippen LogP contribution is -2.33. The van der Waals surface area contributed by atoms with E-state index in [2.05, 4.69) is 32.7 Å². The summed E-state index contributed by atoms with van der Waals surface area (Å²) in [6.07, 6.45) is 1.23. The Morgan fingerprint density at radius 3 is 2.38 bits per heavy atom. The van der Waals surface area contributed by atoms with Gasteiger partial charge in [0.2, 0.25) is 0 Å². The fourth-order valence-electron chi connectivity index (χ4n) is 2.27. The van der Waals surface area contributed by atoms with Crippen LogP contribution >= 0.6 is 0 Å². The van der Waals surface area contributed by atoms with Crippen LogP contribution in [0, 0.1) is 5.92 Å². The molecule has 4 nitrogen and oxygen atoms in total. The highest BCUT2D eigenvalue weighted by Gasteiger charge is 2.10. The molecule has 0 saturated carbocycles. The summed E-state index contributed by atoms with van der Waals surface area (Å²) < 4.78 is 5.70. The summed E-state index contributed by atoms with van der Waals surface area (Å²) in [4.78, 5) is 12.9. The minimum Gasteiger partial charge on any atom is -0.492 e. The molecular formula is C17H27NO3. The molecule has 1 atom stereocenters. The van der Waals surface area contributed by atoms with Gasteiger partial charge in [-0.15, -0.1) is 0 Å². The number of aliphatic carboxylic acids is 1. The molecule has 1 rings (SSSR count). The van der Waals surface area contributed by atoms with Crippen molar-refractivity contribution >= 4 is 5.97 Å². The van der Waals surface area contributed by atoms with Crippen LogP contribution in [-0.2, 0) is 11.2 Å². The number of hydrogen-bond donors (Lipinski definition) is 1. The Balaban J connectivity index is 2.33. The molecule has 1 aromatic rings. The lowest BCUT2D eigenvalue weighted by atomic mass is 10.0. The summed E-state index contributed by atoms with van der Waals surface area (Å²) in [6, 6.07) is 7.81. The highest BCUT2D eigenvalue weighted by molar-refractivity contribution is 5.70. The van der Waals surface area contributed by atoms with Gasteiger partial charge in [-0.25, -0.2) is 0 Å². The Morgan fingerprint density at radius 1 is 1.24 bits per heavy atom. The van der Waals surface area contributed by atoms with Crippen LogP contribution in [0.25, 0.3) is 0 Å². The van der Waals surface area contributed by atoms with Gasteiger partial charge in [-0.05, 0) is 44.0 Å². The molecule has 0 heterocycles. The first kappa shape index (κ1) is 17.5. The Bertz CT molecular complexity index is 428. The number of likely N-dealkylation sites (N-methyl/N-ethyl adjacent to an activating group) is 1. The lowest BCUT2D eigenvalue weighted by molar-refractivity contribution is -0.136. The molecule has 0 aliphatic carbocycles. The van der Waals surface area contributed by atoms with Crippen molar-refractivity contribution in [3.8, 4) is 5.75 Å². The van der Waals surface area contributed by atoms with Crippen LogP contribution in [0.3, 0.4) is 0 Å². The SMILES string of the molecule is CC(C)CC(C)N(C)CCOc1ccc(CC(=O)O)cc1. The number of carbonyl (C=O) groups is 1. The molecule has 4 heteroatoms. The van der Waals surface area contributed by atoms with Gasteiger partial charge in [0.25, 0.3) is 0 Å². The first-order valence-electron chi connectivity index (χ1n) is 7.52. The van der Waals surface area contributed by atoms with E-state index in [4.69, 9.17) is 9.84 Å². The van der Waals surface area contributed by atoms with Crippen LogP contribution in [0.15, 0.2) is 24.3 Å². The van der Waals surface area contributed by atoms with E-state index >= 15 is 0 Å². The number of carboxylic acids is 1. The molecule has 1 N–H and O–H groups in total. The van der Waals surface area contributed by atoms with Gasteiger partial charge in [0.15, 0.2) is 0 Å². The van der Waals surface area contributed by atoms with Crippen LogP contribution < -0.4 is 4.74 Å². The predicted octanol–water partition coefficient (Wildman–Crippen LogP) is 3.06. The summed E-state index contributed by atoms with van der Waals surface area (Å²) in [5.74, 6) is 0.670. The molecule has 0 aromatic heterocycles. The molecule has 0 aliphatic rings. The minimum absolute atomic E-state index is 0.0513. The van der Waals surface area contributed by atoms with Crippen molar-refractivity contribution < 1.29 is 14.6 Å². The zero-order chi connectivity index (χ0) is 15.8. The van der Waals surface area contributed by atoms with Gasteiger partial charge in [0.05, 0.1) is 6.42 Å². The Labute approximate surface area is 127 Å². The van der Waals surface area contributed by atoms with Crippen molar-refractivity contribution in [1.29, 1.82) is 0 Å². The second kappa shape index (κ2) is 8.67. The second-order valence-corrected chi connectivity index (χ2v) is 6.02. The predicted molar refractivity (Wildman–Crippen MR) is 84.8 cm³/mol. The highest BCUT2D eigenvalue weighted by Crippen LogP contribution is 2.13. The lowest BCUT2D eigenvalue weighted by Gasteiger charge is -2.26. The number of carboxylic acid groups (broad SMARTS) is 1. The van der Waals surface area contributed by atoms with Crippen LogP contribution in [0.1, 0.15) is 32.8 Å². The standard InChI is InChI=1S/C17H27NO3/c1-13(2)11-14(3)18(4)9-10-21-16-7-5-15(6-8-16)12-17(19)20/h5-8,13-14H,9-12H2,1-4H3,(H,19,20). The molecule has 21 heavy (non-hydrogen) atoms. The molecule has 1 unspecified atom stereocenters. The van der Waals surface area contributed by atoms with Gasteiger partial charge in [0.1, 0.15) is 12.4 Å². The third-order valence-corrected chi connectivity index (χ3v) is 3.56. The summed E-state index contributed by atoms with van der Waals surface area (Å²) in [6.45, 7) is 8.22. The first-order valence-corrected chi connectivity index (χ1v) is 7.52. The van der Waals surface area contributed by atoms with Crippen LogP contribution in [0.2, 0.25) is 0 Å². The minimum atomic E-state index is -0.815. The van der Waals surface area contributed by atoms with E-state index in [9.17, 15) is 4.79 Å². The van der Waals surface area contributed by atoms with Gasteiger partial charge < -0.3 is 14.7 Å². The number of benzene rings is 1. The zero-order valence-electron chi connectivity index (χ0n) is 13.5. The Kier molecular flexibility index (Phi) is 7.23. The van der Waals surface area contributed by atoms with E-state index in [1.807, 2.05) is 12.1 Å². The summed E-state index contributed by atoms with van der Waals surface area (Å²) >= 11 is 0. The maximum atomic E-state index is 10.6. The third-order valence-electron chi connectivity index (χ3n) is 3.56. The van der Waals surface area contributed by atoms with Crippen molar-refractivity contribution in [2.45, 2.75) is 39.7 Å². The van der Waals surface area contributed by atoms with Crippen LogP contribution in [-0.4, -0.2) is 42.2 Å². The van der Waals surface area contributed by atoms with Gasteiger partial charge in [0, 0.05) is 12.6 Å². The molecule has 1 aromatic carbocycles. The molecule has 118 valence electrons. The summed E-state index contributed by atoms with van der Waals surface area (Å²) in [5.41, 5.74) is 0.789. The molecule has 0 fully saturated rings. The Hall–Kier alpha value is -1.55. The van der Waals surface area contributed by atoms with Gasteiger partial charge >= 0.3 is 5.97 Å². The third kappa shape index (κ3) is 7.14. The fraction of sp³-hybridized carbons (Fsp3) is 0.588. The Morgan fingerprint density at radius 2 is 1.86 bits per heavy atom. The van der Waals surface area contributed by atoms with Gasteiger partial charge in [-0.1, -0.05) is 26.0 Å². The number of hydrogen-bond acceptors (Lipinski definition) is 3. The zero-order valence-corrected chi connectivity index (χ0v) is 13.5. The molecule has 0 bridgehead atoms. The van der Waals surface area contributed by atoms with E-state index in [-0.39, 0.29) is 6.42 Å². The number of rotatable bonds is 9. The topological polar surface area (TPSA) is 49.8 Å². The molecule has 0 aliphatic heterocycles. The average Bonchev–Trinajstić information content (AvgIpc) is 2.39. The smallest absolute Gasteiger partial charge is 0.307 e. The normalized spacial score (nSPS) is 12.7. The van der Waals surface area contributed by atoms with E-state index in [1.54, 1.807) is 12.1 Å². The fourth-order valence-corrected chi connectivity index (χ4v) is 2.27. The molecule has 0 spiro atoms. The maximum Gasteiger partial charge on any atom is 0.307 e. The van der Waals surface area contributed by atoms with Crippen LogP contribution in [0.4, 0.5) is 0 Å². The van der Waals surface area contributed by atoms with Gasteiger partial charge in [-0.3, -0.25) is 4.79 Å².